The number of hydrogen-bond acceptors (Lipinski definition) is 5. The van der Waals surface area contributed by atoms with Gasteiger partial charge in [0.15, 0.2) is 0 Å². The summed E-state index contributed by atoms with van der Waals surface area (Å²) in [6.07, 6.45) is 0.761. The van der Waals surface area contributed by atoms with Gasteiger partial charge in [0.25, 0.3) is 0 Å². The van der Waals surface area contributed by atoms with E-state index in [-0.39, 0.29) is 22.4 Å². The van der Waals surface area contributed by atoms with Gasteiger partial charge in [0.2, 0.25) is 0 Å². The third kappa shape index (κ3) is 9.03. The summed E-state index contributed by atoms with van der Waals surface area (Å²) in [5.41, 5.74) is 0. The van der Waals surface area contributed by atoms with E-state index >= 15 is 0 Å². The first-order valence-electron chi connectivity index (χ1n) is 5.96. The molecule has 5 heteroatoms. The Morgan fingerprint density at radius 1 is 0.941 bits per heavy atom. The Balaban J connectivity index is 3.82. The second kappa shape index (κ2) is 9.33. The third-order valence-corrected chi connectivity index (χ3v) is 3.25. The average Bonchev–Trinajstić information content (AvgIpc) is 2.16. The molecule has 0 N–H and O–H groups in total. The van der Waals surface area contributed by atoms with Gasteiger partial charge in [-0.05, 0) is 13.8 Å². The van der Waals surface area contributed by atoms with Crippen LogP contribution in [-0.2, 0) is 19.1 Å². The molecule has 0 spiro atoms. The van der Waals surface area contributed by atoms with Crippen LogP contribution in [0.4, 0.5) is 0 Å². The highest BCUT2D eigenvalue weighted by Gasteiger charge is 2.16. The number of esters is 2. The SMILES string of the molecule is CCOC(=O)CC(C)SC(C)CC(=O)OCC. The van der Waals surface area contributed by atoms with Crippen molar-refractivity contribution in [2.75, 3.05) is 13.2 Å². The van der Waals surface area contributed by atoms with Crippen molar-refractivity contribution in [1.82, 2.24) is 0 Å². The summed E-state index contributed by atoms with van der Waals surface area (Å²) < 4.78 is 9.74. The van der Waals surface area contributed by atoms with Crippen LogP contribution in [0.25, 0.3) is 0 Å². The van der Waals surface area contributed by atoms with Gasteiger partial charge in [-0.25, -0.2) is 0 Å². The fourth-order valence-electron chi connectivity index (χ4n) is 1.40. The summed E-state index contributed by atoms with van der Waals surface area (Å²) in [6, 6.07) is 0. The molecular weight excluding hydrogens is 240 g/mol. The number of carbonyl (C=O) groups is 2. The number of carbonyl (C=O) groups excluding carboxylic acids is 2. The van der Waals surface area contributed by atoms with Crippen LogP contribution in [0.5, 0.6) is 0 Å². The quantitative estimate of drug-likeness (QED) is 0.629. The Bertz CT molecular complexity index is 219. The summed E-state index contributed by atoms with van der Waals surface area (Å²) >= 11 is 1.61. The molecule has 4 nitrogen and oxygen atoms in total. The van der Waals surface area contributed by atoms with Gasteiger partial charge in [-0.2, -0.15) is 11.8 Å². The van der Waals surface area contributed by atoms with Crippen LogP contribution >= 0.6 is 11.8 Å². The average molecular weight is 262 g/mol. The van der Waals surface area contributed by atoms with Crippen molar-refractivity contribution in [2.24, 2.45) is 0 Å². The van der Waals surface area contributed by atoms with Crippen LogP contribution in [0.2, 0.25) is 0 Å². The largest absolute Gasteiger partial charge is 0.466 e. The van der Waals surface area contributed by atoms with Crippen molar-refractivity contribution in [3.63, 3.8) is 0 Å². The highest BCUT2D eigenvalue weighted by molar-refractivity contribution is 8.00. The van der Waals surface area contributed by atoms with E-state index in [2.05, 4.69) is 0 Å². The summed E-state index contributed by atoms with van der Waals surface area (Å²) in [5, 5.41) is 0.303. The minimum absolute atomic E-state index is 0.151. The monoisotopic (exact) mass is 262 g/mol. The van der Waals surface area contributed by atoms with Gasteiger partial charge in [0.05, 0.1) is 26.1 Å². The number of hydrogen-bond donors (Lipinski definition) is 0. The first kappa shape index (κ1) is 16.3. The standard InChI is InChI=1S/C12H22O4S/c1-5-15-11(13)7-9(3)17-10(4)8-12(14)16-6-2/h9-10H,5-8H2,1-4H3. The van der Waals surface area contributed by atoms with Gasteiger partial charge in [-0.3, -0.25) is 9.59 Å². The lowest BCUT2D eigenvalue weighted by molar-refractivity contribution is -0.143. The molecule has 0 fully saturated rings. The fraction of sp³-hybridized carbons (Fsp3) is 0.833. The first-order valence-corrected chi connectivity index (χ1v) is 6.90. The molecule has 0 bridgehead atoms. The Morgan fingerprint density at radius 2 is 1.29 bits per heavy atom. The Labute approximate surface area is 107 Å². The molecule has 0 aliphatic carbocycles. The molecule has 0 saturated carbocycles. The predicted octanol–water partition coefficient (Wildman–Crippen LogP) is 2.40. The Hall–Kier alpha value is -0.710. The van der Waals surface area contributed by atoms with Crippen LogP contribution in [0.1, 0.15) is 40.5 Å². The van der Waals surface area contributed by atoms with E-state index in [4.69, 9.17) is 9.47 Å². The summed E-state index contributed by atoms with van der Waals surface area (Å²) in [7, 11) is 0. The molecule has 0 aliphatic heterocycles. The lowest BCUT2D eigenvalue weighted by atomic mass is 10.3. The molecule has 17 heavy (non-hydrogen) atoms. The summed E-state index contributed by atoms with van der Waals surface area (Å²) in [4.78, 5) is 22.5. The molecular formula is C12H22O4S. The molecule has 0 heterocycles. The smallest absolute Gasteiger partial charge is 0.306 e. The molecule has 0 aromatic rings. The molecule has 0 radical (unpaired) electrons. The van der Waals surface area contributed by atoms with E-state index in [1.165, 1.54) is 0 Å². The maximum Gasteiger partial charge on any atom is 0.306 e. The lowest BCUT2D eigenvalue weighted by Gasteiger charge is -2.15. The van der Waals surface area contributed by atoms with Gasteiger partial charge in [-0.1, -0.05) is 13.8 Å². The predicted molar refractivity (Wildman–Crippen MR) is 69.0 cm³/mol. The zero-order valence-corrected chi connectivity index (χ0v) is 11.8. The van der Waals surface area contributed by atoms with Crippen molar-refractivity contribution in [2.45, 2.75) is 51.0 Å². The van der Waals surface area contributed by atoms with Gasteiger partial charge in [0.1, 0.15) is 0 Å². The zero-order chi connectivity index (χ0) is 13.3. The van der Waals surface area contributed by atoms with Crippen molar-refractivity contribution < 1.29 is 19.1 Å². The Morgan fingerprint density at radius 3 is 1.59 bits per heavy atom. The van der Waals surface area contributed by atoms with Gasteiger partial charge in [-0.15, -0.1) is 0 Å². The molecule has 0 aliphatic rings. The van der Waals surface area contributed by atoms with E-state index in [1.807, 2.05) is 13.8 Å². The molecule has 0 aromatic heterocycles. The van der Waals surface area contributed by atoms with Crippen LogP contribution in [0, 0.1) is 0 Å². The van der Waals surface area contributed by atoms with Crippen molar-refractivity contribution in [3.8, 4) is 0 Å². The van der Waals surface area contributed by atoms with Crippen molar-refractivity contribution in [3.05, 3.63) is 0 Å². The van der Waals surface area contributed by atoms with Crippen molar-refractivity contribution in [1.29, 1.82) is 0 Å². The summed E-state index contributed by atoms with van der Waals surface area (Å²) in [5.74, 6) is -0.369. The van der Waals surface area contributed by atoms with E-state index in [9.17, 15) is 9.59 Å². The topological polar surface area (TPSA) is 52.6 Å². The molecule has 0 rings (SSSR count). The molecule has 0 aromatic carbocycles. The van der Waals surface area contributed by atoms with Crippen LogP contribution in [0.15, 0.2) is 0 Å². The highest BCUT2D eigenvalue weighted by Crippen LogP contribution is 2.23. The number of rotatable bonds is 8. The lowest BCUT2D eigenvalue weighted by Crippen LogP contribution is -2.16. The van der Waals surface area contributed by atoms with E-state index in [0.717, 1.165) is 0 Å². The van der Waals surface area contributed by atoms with E-state index in [1.54, 1.807) is 25.6 Å². The third-order valence-electron chi connectivity index (χ3n) is 1.98. The van der Waals surface area contributed by atoms with E-state index < -0.39 is 0 Å². The first-order chi connectivity index (χ1) is 7.99. The minimum atomic E-state index is -0.184. The Kier molecular flexibility index (Phi) is 8.94. The maximum atomic E-state index is 11.2. The minimum Gasteiger partial charge on any atom is -0.466 e. The normalized spacial score (nSPS) is 13.9. The number of thioether (sulfide) groups is 1. The van der Waals surface area contributed by atoms with Gasteiger partial charge < -0.3 is 9.47 Å². The molecule has 2 unspecified atom stereocenters. The highest BCUT2D eigenvalue weighted by atomic mass is 32.2. The molecule has 2 atom stereocenters. The maximum absolute atomic E-state index is 11.2. The molecule has 0 amide bonds. The van der Waals surface area contributed by atoms with Gasteiger partial charge in [0, 0.05) is 10.5 Å². The molecule has 0 saturated heterocycles. The fourth-order valence-corrected chi connectivity index (χ4v) is 2.66. The zero-order valence-electron chi connectivity index (χ0n) is 11.0. The number of ether oxygens (including phenoxy) is 2. The van der Waals surface area contributed by atoms with E-state index in [0.29, 0.717) is 26.1 Å². The summed E-state index contributed by atoms with van der Waals surface area (Å²) in [6.45, 7) is 8.33. The van der Waals surface area contributed by atoms with Crippen molar-refractivity contribution >= 4 is 23.7 Å². The van der Waals surface area contributed by atoms with Crippen LogP contribution in [0.3, 0.4) is 0 Å². The molecule has 100 valence electrons. The van der Waals surface area contributed by atoms with Crippen LogP contribution < -0.4 is 0 Å². The second-order valence-electron chi connectivity index (χ2n) is 3.78. The van der Waals surface area contributed by atoms with Crippen LogP contribution in [-0.4, -0.2) is 35.7 Å². The second-order valence-corrected chi connectivity index (χ2v) is 5.66. The van der Waals surface area contributed by atoms with Gasteiger partial charge >= 0.3 is 11.9 Å².